The molecule has 6 nitrogen and oxygen atoms in total. The third-order valence-electron chi connectivity index (χ3n) is 2.38. The molecule has 0 amide bonds. The molecule has 0 unspecified atom stereocenters. The Labute approximate surface area is 108 Å². The number of thioether (sulfide) groups is 1. The minimum absolute atomic E-state index is 0.0132. The predicted molar refractivity (Wildman–Crippen MR) is 65.7 cm³/mol. The van der Waals surface area contributed by atoms with Crippen LogP contribution in [0, 0.1) is 13.8 Å². The third kappa shape index (κ3) is 2.92. The zero-order valence-electron chi connectivity index (χ0n) is 10.1. The Morgan fingerprint density at radius 1 is 1.56 bits per heavy atom. The summed E-state index contributed by atoms with van der Waals surface area (Å²) in [6.45, 7) is 4.20. The number of carboxylic acid groups (broad SMARTS) is 1. The van der Waals surface area contributed by atoms with Gasteiger partial charge in [-0.05, 0) is 13.8 Å². The normalized spacial score (nSPS) is 10.8. The highest BCUT2D eigenvalue weighted by molar-refractivity contribution is 7.99. The highest BCUT2D eigenvalue weighted by Crippen LogP contribution is 2.17. The summed E-state index contributed by atoms with van der Waals surface area (Å²) < 4.78 is 7.30. The molecule has 0 spiro atoms. The van der Waals surface area contributed by atoms with E-state index in [9.17, 15) is 4.79 Å². The van der Waals surface area contributed by atoms with Crippen molar-refractivity contribution in [3.8, 4) is 0 Å². The van der Waals surface area contributed by atoms with Gasteiger partial charge in [-0.25, -0.2) is 9.97 Å². The average Bonchev–Trinajstić information content (AvgIpc) is 2.85. The molecule has 0 bridgehead atoms. The van der Waals surface area contributed by atoms with Crippen LogP contribution in [-0.4, -0.2) is 31.4 Å². The van der Waals surface area contributed by atoms with Crippen molar-refractivity contribution >= 4 is 17.7 Å². The van der Waals surface area contributed by atoms with Gasteiger partial charge in [0, 0.05) is 12.4 Å². The van der Waals surface area contributed by atoms with Gasteiger partial charge in [0.05, 0.1) is 11.4 Å². The largest absolute Gasteiger partial charge is 0.481 e. The van der Waals surface area contributed by atoms with Gasteiger partial charge in [-0.3, -0.25) is 4.79 Å². The van der Waals surface area contributed by atoms with Crippen molar-refractivity contribution in [3.05, 3.63) is 29.7 Å². The molecule has 96 valence electrons. The standard InChI is InChI=1S/C11H13N3O3S/c1-7-8(2)17-9(13-7)5-14-4-3-12-11(14)18-6-10(15)16/h3-4H,5-6H2,1-2H3,(H,15,16). The smallest absolute Gasteiger partial charge is 0.313 e. The first-order valence-electron chi connectivity index (χ1n) is 5.35. The van der Waals surface area contributed by atoms with Crippen LogP contribution in [0.15, 0.2) is 22.0 Å². The summed E-state index contributed by atoms with van der Waals surface area (Å²) in [5, 5.41) is 9.29. The number of hydrogen-bond donors (Lipinski definition) is 1. The highest BCUT2D eigenvalue weighted by Gasteiger charge is 2.10. The maximum Gasteiger partial charge on any atom is 0.313 e. The van der Waals surface area contributed by atoms with E-state index in [2.05, 4.69) is 9.97 Å². The molecule has 0 aliphatic heterocycles. The van der Waals surface area contributed by atoms with E-state index in [0.717, 1.165) is 11.5 Å². The number of carbonyl (C=O) groups is 1. The first kappa shape index (κ1) is 12.7. The number of oxazole rings is 1. The quantitative estimate of drug-likeness (QED) is 0.831. The molecule has 2 rings (SSSR count). The summed E-state index contributed by atoms with van der Waals surface area (Å²) in [5.41, 5.74) is 0.866. The summed E-state index contributed by atoms with van der Waals surface area (Å²) in [6, 6.07) is 0. The van der Waals surface area contributed by atoms with Gasteiger partial charge in [0.1, 0.15) is 12.3 Å². The molecule has 0 atom stereocenters. The van der Waals surface area contributed by atoms with Crippen LogP contribution >= 0.6 is 11.8 Å². The van der Waals surface area contributed by atoms with Crippen LogP contribution in [0.1, 0.15) is 17.3 Å². The molecule has 0 saturated heterocycles. The van der Waals surface area contributed by atoms with Crippen molar-refractivity contribution in [1.29, 1.82) is 0 Å². The fraction of sp³-hybridized carbons (Fsp3) is 0.364. The number of hydrogen-bond acceptors (Lipinski definition) is 5. The van der Waals surface area contributed by atoms with Crippen LogP contribution in [0.3, 0.4) is 0 Å². The number of aromatic nitrogens is 3. The molecule has 0 saturated carbocycles. The molecule has 0 radical (unpaired) electrons. The van der Waals surface area contributed by atoms with Gasteiger partial charge in [-0.1, -0.05) is 11.8 Å². The first-order chi connectivity index (χ1) is 8.56. The number of imidazole rings is 1. The highest BCUT2D eigenvalue weighted by atomic mass is 32.2. The van der Waals surface area contributed by atoms with Crippen molar-refractivity contribution < 1.29 is 14.3 Å². The van der Waals surface area contributed by atoms with E-state index in [1.165, 1.54) is 11.8 Å². The topological polar surface area (TPSA) is 81.2 Å². The van der Waals surface area contributed by atoms with E-state index in [1.807, 2.05) is 18.4 Å². The summed E-state index contributed by atoms with van der Waals surface area (Å²) in [6.07, 6.45) is 3.41. The molecule has 2 aromatic heterocycles. The van der Waals surface area contributed by atoms with Crippen LogP contribution in [-0.2, 0) is 11.3 Å². The maximum absolute atomic E-state index is 10.5. The molecule has 0 aromatic carbocycles. The summed E-state index contributed by atoms with van der Waals surface area (Å²) in [4.78, 5) is 18.9. The summed E-state index contributed by atoms with van der Waals surface area (Å²) >= 11 is 1.17. The predicted octanol–water partition coefficient (Wildman–Crippen LogP) is 1.71. The van der Waals surface area contributed by atoms with Crippen LogP contribution < -0.4 is 0 Å². The monoisotopic (exact) mass is 267 g/mol. The zero-order valence-corrected chi connectivity index (χ0v) is 10.9. The lowest BCUT2D eigenvalue weighted by atomic mass is 10.4. The Morgan fingerprint density at radius 2 is 2.33 bits per heavy atom. The van der Waals surface area contributed by atoms with Crippen molar-refractivity contribution in [1.82, 2.24) is 14.5 Å². The SMILES string of the molecule is Cc1nc(Cn2ccnc2SCC(=O)O)oc1C. The molecule has 7 heteroatoms. The van der Waals surface area contributed by atoms with E-state index >= 15 is 0 Å². The summed E-state index contributed by atoms with van der Waals surface area (Å²) in [7, 11) is 0. The average molecular weight is 267 g/mol. The fourth-order valence-corrected chi connectivity index (χ4v) is 2.11. The van der Waals surface area contributed by atoms with Gasteiger partial charge in [0.25, 0.3) is 0 Å². The Morgan fingerprint density at radius 3 is 2.94 bits per heavy atom. The first-order valence-corrected chi connectivity index (χ1v) is 6.33. The molecule has 18 heavy (non-hydrogen) atoms. The van der Waals surface area contributed by atoms with Crippen molar-refractivity contribution in [2.24, 2.45) is 0 Å². The molecule has 0 aliphatic rings. The minimum Gasteiger partial charge on any atom is -0.481 e. The Kier molecular flexibility index (Phi) is 3.71. The van der Waals surface area contributed by atoms with Crippen molar-refractivity contribution in [2.75, 3.05) is 5.75 Å². The Bertz CT molecular complexity index is 542. The van der Waals surface area contributed by atoms with Crippen LogP contribution in [0.4, 0.5) is 0 Å². The van der Waals surface area contributed by atoms with E-state index in [1.54, 1.807) is 12.4 Å². The lowest BCUT2D eigenvalue weighted by molar-refractivity contribution is -0.133. The molecule has 1 N–H and O–H groups in total. The summed E-state index contributed by atoms with van der Waals surface area (Å²) in [5.74, 6) is 0.517. The third-order valence-corrected chi connectivity index (χ3v) is 3.37. The Balaban J connectivity index is 2.09. The van der Waals surface area contributed by atoms with Crippen LogP contribution in [0.2, 0.25) is 0 Å². The van der Waals surface area contributed by atoms with Gasteiger partial charge in [0.2, 0.25) is 5.89 Å². The fourth-order valence-electron chi connectivity index (χ4n) is 1.43. The number of aliphatic carboxylic acids is 1. The van der Waals surface area contributed by atoms with E-state index < -0.39 is 5.97 Å². The van der Waals surface area contributed by atoms with Gasteiger partial charge in [-0.2, -0.15) is 0 Å². The molecule has 0 aliphatic carbocycles. The van der Waals surface area contributed by atoms with Gasteiger partial charge in [-0.15, -0.1) is 0 Å². The maximum atomic E-state index is 10.5. The second kappa shape index (κ2) is 5.26. The zero-order chi connectivity index (χ0) is 13.1. The lowest BCUT2D eigenvalue weighted by Crippen LogP contribution is -2.04. The second-order valence-corrected chi connectivity index (χ2v) is 4.71. The molecule has 0 fully saturated rings. The lowest BCUT2D eigenvalue weighted by Gasteiger charge is -2.03. The minimum atomic E-state index is -0.864. The number of nitrogens with zero attached hydrogens (tertiary/aromatic N) is 3. The molecule has 2 heterocycles. The number of rotatable bonds is 5. The molecular weight excluding hydrogens is 254 g/mol. The van der Waals surface area contributed by atoms with Gasteiger partial charge >= 0.3 is 5.97 Å². The van der Waals surface area contributed by atoms with Crippen molar-refractivity contribution in [2.45, 2.75) is 25.5 Å². The van der Waals surface area contributed by atoms with E-state index in [-0.39, 0.29) is 5.75 Å². The molecular formula is C11H13N3O3S. The Hall–Kier alpha value is -1.76. The second-order valence-electron chi connectivity index (χ2n) is 3.77. The van der Waals surface area contributed by atoms with E-state index in [4.69, 9.17) is 9.52 Å². The molecule has 2 aromatic rings. The van der Waals surface area contributed by atoms with Gasteiger partial charge < -0.3 is 14.1 Å². The van der Waals surface area contributed by atoms with Crippen molar-refractivity contribution in [3.63, 3.8) is 0 Å². The van der Waals surface area contributed by atoms with Crippen LogP contribution in [0.25, 0.3) is 0 Å². The number of aryl methyl sites for hydroxylation is 2. The number of carboxylic acids is 1. The van der Waals surface area contributed by atoms with E-state index in [0.29, 0.717) is 17.6 Å². The van der Waals surface area contributed by atoms with Gasteiger partial charge in [0.15, 0.2) is 5.16 Å². The van der Waals surface area contributed by atoms with Crippen LogP contribution in [0.5, 0.6) is 0 Å².